The van der Waals surface area contributed by atoms with Gasteiger partial charge in [0.2, 0.25) is 10.0 Å². The van der Waals surface area contributed by atoms with E-state index in [1.165, 1.54) is 23.5 Å². The molecule has 181 valence electrons. The lowest BCUT2D eigenvalue weighted by Gasteiger charge is -2.32. The molecule has 2 rings (SSSR count). The number of esters is 1. The van der Waals surface area contributed by atoms with E-state index in [2.05, 4.69) is 11.4 Å². The van der Waals surface area contributed by atoms with Gasteiger partial charge in [-0.2, -0.15) is 9.57 Å². The van der Waals surface area contributed by atoms with Crippen molar-refractivity contribution >= 4 is 30.9 Å². The standard InChI is InChI=1S/C22H32N3O6SSi/c1-22(2,3)31-21(27)24-18-8-10-25(11-9-18)32(28,29)19-7-6-16(13-23)17(12-19)14-33(5)15-20(26)30-4/h6-7,12,18H,8-11,14-15H2,1-5H3,(H,24,27). The first-order valence-electron chi connectivity index (χ1n) is 10.8. The quantitative estimate of drug-likeness (QED) is 0.456. The number of hydrogen-bond acceptors (Lipinski definition) is 7. The molecule has 0 spiro atoms. The summed E-state index contributed by atoms with van der Waals surface area (Å²) in [6.07, 6.45) is 0.441. The summed E-state index contributed by atoms with van der Waals surface area (Å²) in [7, 11) is -3.61. The van der Waals surface area contributed by atoms with Crippen molar-refractivity contribution in [3.05, 3.63) is 29.3 Å². The number of alkyl carbamates (subject to hydrolysis) is 1. The molecule has 1 amide bonds. The zero-order valence-corrected chi connectivity index (χ0v) is 21.6. The van der Waals surface area contributed by atoms with Gasteiger partial charge in [-0.25, -0.2) is 13.2 Å². The SMILES string of the molecule is COC(=O)C[Si](C)Cc1cc(S(=O)(=O)N2CCC(NC(=O)OC(C)(C)C)CC2)ccc1C#N. The summed E-state index contributed by atoms with van der Waals surface area (Å²) < 4.78 is 37.8. The third-order valence-corrected chi connectivity index (χ3v) is 8.95. The van der Waals surface area contributed by atoms with Crippen LogP contribution in [0.1, 0.15) is 44.7 Å². The first-order chi connectivity index (χ1) is 15.4. The molecule has 1 aromatic rings. The maximum Gasteiger partial charge on any atom is 0.407 e. The molecule has 1 radical (unpaired) electrons. The van der Waals surface area contributed by atoms with Crippen molar-refractivity contribution < 1.29 is 27.5 Å². The van der Waals surface area contributed by atoms with Crippen LogP contribution in [0.3, 0.4) is 0 Å². The Labute approximate surface area is 197 Å². The molecule has 1 aliphatic heterocycles. The Morgan fingerprint density at radius 1 is 1.27 bits per heavy atom. The minimum Gasteiger partial charge on any atom is -0.469 e. The van der Waals surface area contributed by atoms with Crippen LogP contribution in [0, 0.1) is 11.3 Å². The number of rotatable bonds is 7. The molecule has 0 unspecified atom stereocenters. The molecule has 1 heterocycles. The summed E-state index contributed by atoms with van der Waals surface area (Å²) in [5.41, 5.74) is 0.432. The zero-order chi connectivity index (χ0) is 24.8. The minimum absolute atomic E-state index is 0.128. The van der Waals surface area contributed by atoms with Gasteiger partial charge in [-0.1, -0.05) is 6.55 Å². The molecule has 1 aromatic carbocycles. The number of piperidine rings is 1. The Balaban J connectivity index is 2.08. The van der Waals surface area contributed by atoms with Gasteiger partial charge in [-0.15, -0.1) is 0 Å². The highest BCUT2D eigenvalue weighted by molar-refractivity contribution is 7.89. The summed E-state index contributed by atoms with van der Waals surface area (Å²) in [5.74, 6) is -0.309. The predicted octanol–water partition coefficient (Wildman–Crippen LogP) is 2.62. The van der Waals surface area contributed by atoms with Gasteiger partial charge in [0.25, 0.3) is 0 Å². The third kappa shape index (κ3) is 7.84. The Kier molecular flexibility index (Phi) is 9.05. The lowest BCUT2D eigenvalue weighted by molar-refractivity contribution is -0.137. The van der Waals surface area contributed by atoms with Crippen LogP contribution in [0.4, 0.5) is 4.79 Å². The van der Waals surface area contributed by atoms with Crippen molar-refractivity contribution in [2.24, 2.45) is 0 Å². The number of nitrogens with zero attached hydrogens (tertiary/aromatic N) is 2. The van der Waals surface area contributed by atoms with E-state index in [0.717, 1.165) is 0 Å². The second kappa shape index (κ2) is 11.1. The molecule has 1 saturated heterocycles. The Hall–Kier alpha value is -2.42. The first kappa shape index (κ1) is 26.8. The van der Waals surface area contributed by atoms with E-state index in [1.807, 2.05) is 6.55 Å². The van der Waals surface area contributed by atoms with Crippen LogP contribution in [0.2, 0.25) is 12.6 Å². The van der Waals surface area contributed by atoms with Crippen LogP contribution >= 0.6 is 0 Å². The maximum absolute atomic E-state index is 13.2. The summed E-state index contributed by atoms with van der Waals surface area (Å²) in [6, 6.07) is 7.22. The summed E-state index contributed by atoms with van der Waals surface area (Å²) in [5, 5.41) is 12.2. The molecule has 1 aliphatic rings. The fourth-order valence-corrected chi connectivity index (χ4v) is 6.78. The molecular weight excluding hydrogens is 462 g/mol. The lowest BCUT2D eigenvalue weighted by atomic mass is 10.1. The van der Waals surface area contributed by atoms with E-state index >= 15 is 0 Å². The van der Waals surface area contributed by atoms with Gasteiger partial charge in [-0.05, 0) is 63.4 Å². The van der Waals surface area contributed by atoms with Crippen LogP contribution in [-0.2, 0) is 30.3 Å². The summed E-state index contributed by atoms with van der Waals surface area (Å²) in [4.78, 5) is 23.7. The van der Waals surface area contributed by atoms with Gasteiger partial charge in [0.15, 0.2) is 0 Å². The Morgan fingerprint density at radius 3 is 2.45 bits per heavy atom. The fraction of sp³-hybridized carbons (Fsp3) is 0.591. The average molecular weight is 495 g/mol. The Bertz CT molecular complexity index is 1010. The van der Waals surface area contributed by atoms with Crippen molar-refractivity contribution in [3.8, 4) is 6.07 Å². The number of methoxy groups -OCH3 is 1. The number of ether oxygens (including phenoxy) is 2. The lowest BCUT2D eigenvalue weighted by Crippen LogP contribution is -2.47. The van der Waals surface area contributed by atoms with Gasteiger partial charge in [0.05, 0.1) is 32.4 Å². The number of carbonyl (C=O) groups is 2. The number of nitriles is 1. The van der Waals surface area contributed by atoms with Crippen molar-refractivity contribution in [2.45, 2.75) is 68.8 Å². The zero-order valence-electron chi connectivity index (χ0n) is 19.8. The van der Waals surface area contributed by atoms with Gasteiger partial charge < -0.3 is 14.8 Å². The monoisotopic (exact) mass is 494 g/mol. The van der Waals surface area contributed by atoms with Gasteiger partial charge in [-0.3, -0.25) is 4.79 Å². The van der Waals surface area contributed by atoms with Crippen LogP contribution < -0.4 is 5.32 Å². The molecule has 0 aliphatic carbocycles. The second-order valence-electron chi connectivity index (χ2n) is 9.14. The van der Waals surface area contributed by atoms with Gasteiger partial charge in [0, 0.05) is 25.2 Å². The highest BCUT2D eigenvalue weighted by Gasteiger charge is 2.31. The highest BCUT2D eigenvalue weighted by atomic mass is 32.2. The summed E-state index contributed by atoms with van der Waals surface area (Å²) in [6.45, 7) is 7.84. The number of sulfonamides is 1. The highest BCUT2D eigenvalue weighted by Crippen LogP contribution is 2.24. The van der Waals surface area contributed by atoms with E-state index < -0.39 is 30.5 Å². The fourth-order valence-electron chi connectivity index (χ4n) is 3.56. The average Bonchev–Trinajstić information content (AvgIpc) is 2.72. The molecule has 0 saturated carbocycles. The van der Waals surface area contributed by atoms with Gasteiger partial charge >= 0.3 is 12.1 Å². The molecule has 33 heavy (non-hydrogen) atoms. The number of benzene rings is 1. The number of nitrogens with one attached hydrogen (secondary N) is 1. The van der Waals surface area contributed by atoms with E-state index in [-0.39, 0.29) is 36.0 Å². The molecule has 1 N–H and O–H groups in total. The van der Waals surface area contributed by atoms with Crippen molar-refractivity contribution in [1.82, 2.24) is 9.62 Å². The molecule has 0 bridgehead atoms. The van der Waals surface area contributed by atoms with Gasteiger partial charge in [0.1, 0.15) is 5.60 Å². The van der Waals surface area contributed by atoms with E-state index in [9.17, 15) is 23.3 Å². The van der Waals surface area contributed by atoms with Crippen LogP contribution in [0.5, 0.6) is 0 Å². The number of hydrogen-bond donors (Lipinski definition) is 1. The van der Waals surface area contributed by atoms with Crippen molar-refractivity contribution in [1.29, 1.82) is 5.26 Å². The second-order valence-corrected chi connectivity index (χ2v) is 13.7. The molecule has 1 fully saturated rings. The topological polar surface area (TPSA) is 126 Å². The summed E-state index contributed by atoms with van der Waals surface area (Å²) >= 11 is 0. The predicted molar refractivity (Wildman–Crippen MR) is 124 cm³/mol. The molecule has 9 nitrogen and oxygen atoms in total. The maximum atomic E-state index is 13.2. The molecule has 11 heteroatoms. The number of carbonyl (C=O) groups excluding carboxylic acids is 2. The van der Waals surface area contributed by atoms with Crippen molar-refractivity contribution in [2.75, 3.05) is 20.2 Å². The molecular formula is C22H32N3O6SSi. The van der Waals surface area contributed by atoms with E-state index in [4.69, 9.17) is 9.47 Å². The smallest absolute Gasteiger partial charge is 0.407 e. The molecule has 0 atom stereocenters. The largest absolute Gasteiger partial charge is 0.469 e. The normalized spacial score (nSPS) is 15.7. The van der Waals surface area contributed by atoms with Crippen LogP contribution in [0.25, 0.3) is 0 Å². The van der Waals surface area contributed by atoms with Crippen LogP contribution in [-0.4, -0.2) is 65.4 Å². The minimum atomic E-state index is -3.75. The first-order valence-corrected chi connectivity index (χ1v) is 14.6. The number of amides is 1. The van der Waals surface area contributed by atoms with E-state index in [1.54, 1.807) is 26.8 Å². The Morgan fingerprint density at radius 2 is 1.91 bits per heavy atom. The van der Waals surface area contributed by atoms with Crippen molar-refractivity contribution in [3.63, 3.8) is 0 Å². The van der Waals surface area contributed by atoms with E-state index in [0.29, 0.717) is 30.0 Å². The van der Waals surface area contributed by atoms with Crippen LogP contribution in [0.15, 0.2) is 23.1 Å². The third-order valence-electron chi connectivity index (χ3n) is 5.18. The molecule has 0 aromatic heterocycles.